The Morgan fingerprint density at radius 1 is 1.69 bits per heavy atom. The molecule has 0 fully saturated rings. The number of oxime groups is 1. The van der Waals surface area contributed by atoms with Gasteiger partial charge in [-0.3, -0.25) is 4.79 Å². The van der Waals surface area contributed by atoms with Gasteiger partial charge >= 0.3 is 0 Å². The number of amidine groups is 1. The first-order valence-electron chi connectivity index (χ1n) is 4.84. The minimum absolute atomic E-state index is 0.106. The van der Waals surface area contributed by atoms with Gasteiger partial charge in [-0.25, -0.2) is 0 Å². The first-order valence-corrected chi connectivity index (χ1v) is 5.79. The monoisotopic (exact) mass is 241 g/mol. The fourth-order valence-corrected chi connectivity index (χ4v) is 2.13. The van der Waals surface area contributed by atoms with Gasteiger partial charge in [-0.2, -0.15) is 11.3 Å². The largest absolute Gasteiger partial charge is 0.409 e. The van der Waals surface area contributed by atoms with Gasteiger partial charge in [0.15, 0.2) is 0 Å². The topological polar surface area (TPSA) is 87.7 Å². The van der Waals surface area contributed by atoms with Crippen molar-refractivity contribution in [2.45, 2.75) is 26.3 Å². The molecule has 16 heavy (non-hydrogen) atoms. The summed E-state index contributed by atoms with van der Waals surface area (Å²) in [6, 6.07) is -0.164. The zero-order chi connectivity index (χ0) is 12.1. The van der Waals surface area contributed by atoms with Gasteiger partial charge in [-0.05, 0) is 24.8 Å². The van der Waals surface area contributed by atoms with Crippen molar-refractivity contribution in [3.05, 3.63) is 21.9 Å². The van der Waals surface area contributed by atoms with Gasteiger partial charge in [0.2, 0.25) is 0 Å². The maximum absolute atomic E-state index is 11.8. The lowest BCUT2D eigenvalue weighted by molar-refractivity contribution is 0.0941. The fraction of sp³-hybridized carbons (Fsp3) is 0.400. The lowest BCUT2D eigenvalue weighted by Gasteiger charge is -2.12. The van der Waals surface area contributed by atoms with Crippen LogP contribution in [0.4, 0.5) is 0 Å². The Kier molecular flexibility index (Phi) is 4.30. The molecule has 0 aliphatic carbocycles. The highest BCUT2D eigenvalue weighted by molar-refractivity contribution is 7.08. The molecule has 1 aromatic heterocycles. The molecule has 1 unspecified atom stereocenters. The second kappa shape index (κ2) is 5.50. The SMILES string of the molecule is Cc1cscc1C(=O)NC(C)CC(N)=NO. The van der Waals surface area contributed by atoms with Crippen LogP contribution in [-0.2, 0) is 0 Å². The Morgan fingerprint density at radius 3 is 2.88 bits per heavy atom. The standard InChI is InChI=1S/C10H15N3O2S/c1-6-4-16-5-8(6)10(14)12-7(2)3-9(11)13-15/h4-5,7,15H,3H2,1-2H3,(H2,11,13)(H,12,14). The lowest BCUT2D eigenvalue weighted by atomic mass is 10.1. The molecule has 1 amide bonds. The van der Waals surface area contributed by atoms with Crippen molar-refractivity contribution in [3.63, 3.8) is 0 Å². The van der Waals surface area contributed by atoms with E-state index in [0.29, 0.717) is 12.0 Å². The number of aryl methyl sites for hydroxylation is 1. The van der Waals surface area contributed by atoms with Crippen molar-refractivity contribution < 1.29 is 10.0 Å². The van der Waals surface area contributed by atoms with E-state index in [1.54, 1.807) is 12.3 Å². The van der Waals surface area contributed by atoms with Crippen LogP contribution in [0.5, 0.6) is 0 Å². The number of nitrogens with zero attached hydrogens (tertiary/aromatic N) is 1. The number of thiophene rings is 1. The van der Waals surface area contributed by atoms with Crippen molar-refractivity contribution in [1.82, 2.24) is 5.32 Å². The third-order valence-electron chi connectivity index (χ3n) is 2.12. The first kappa shape index (κ1) is 12.5. The molecule has 0 aromatic carbocycles. The van der Waals surface area contributed by atoms with Crippen molar-refractivity contribution in [2.24, 2.45) is 10.9 Å². The third-order valence-corrected chi connectivity index (χ3v) is 2.98. The Hall–Kier alpha value is -1.56. The molecule has 0 saturated carbocycles. The summed E-state index contributed by atoms with van der Waals surface area (Å²) in [6.07, 6.45) is 0.325. The summed E-state index contributed by atoms with van der Waals surface area (Å²) in [4.78, 5) is 11.8. The molecule has 4 N–H and O–H groups in total. The summed E-state index contributed by atoms with van der Waals surface area (Å²) in [5.41, 5.74) is 6.98. The molecule has 0 aliphatic rings. The lowest BCUT2D eigenvalue weighted by Crippen LogP contribution is -2.35. The molecule has 0 radical (unpaired) electrons. The van der Waals surface area contributed by atoms with Gasteiger partial charge in [0.05, 0.1) is 5.56 Å². The fourth-order valence-electron chi connectivity index (χ4n) is 1.30. The minimum atomic E-state index is -0.164. The second-order valence-electron chi connectivity index (χ2n) is 3.64. The average Bonchev–Trinajstić information content (AvgIpc) is 2.63. The highest BCUT2D eigenvalue weighted by Gasteiger charge is 2.13. The number of amides is 1. The summed E-state index contributed by atoms with van der Waals surface area (Å²) in [6.45, 7) is 3.69. The van der Waals surface area contributed by atoms with Crippen LogP contribution < -0.4 is 11.1 Å². The van der Waals surface area contributed by atoms with E-state index in [9.17, 15) is 4.79 Å². The van der Waals surface area contributed by atoms with Crippen molar-refractivity contribution in [2.75, 3.05) is 0 Å². The predicted octanol–water partition coefficient (Wildman–Crippen LogP) is 1.31. The molecule has 0 saturated heterocycles. The summed E-state index contributed by atoms with van der Waals surface area (Å²) in [5.74, 6) is -0.0215. The van der Waals surface area contributed by atoms with E-state index in [1.807, 2.05) is 12.3 Å². The Morgan fingerprint density at radius 2 is 2.38 bits per heavy atom. The van der Waals surface area contributed by atoms with Crippen LogP contribution in [-0.4, -0.2) is 23.0 Å². The molecule has 6 heteroatoms. The van der Waals surface area contributed by atoms with E-state index in [0.717, 1.165) is 5.56 Å². The van der Waals surface area contributed by atoms with Gasteiger partial charge in [-0.15, -0.1) is 0 Å². The molecule has 0 spiro atoms. The van der Waals surface area contributed by atoms with Gasteiger partial charge in [0.25, 0.3) is 5.91 Å². The summed E-state index contributed by atoms with van der Waals surface area (Å²) >= 11 is 1.49. The van der Waals surface area contributed by atoms with Crippen molar-refractivity contribution >= 4 is 23.1 Å². The van der Waals surface area contributed by atoms with Gasteiger partial charge in [0, 0.05) is 17.8 Å². The quantitative estimate of drug-likeness (QED) is 0.321. The third kappa shape index (κ3) is 3.23. The van der Waals surface area contributed by atoms with E-state index in [2.05, 4.69) is 10.5 Å². The molecular weight excluding hydrogens is 226 g/mol. The number of carbonyl (C=O) groups is 1. The molecule has 1 aromatic rings. The van der Waals surface area contributed by atoms with Crippen LogP contribution in [0.1, 0.15) is 29.3 Å². The molecule has 0 bridgehead atoms. The van der Waals surface area contributed by atoms with Crippen LogP contribution in [0.15, 0.2) is 15.9 Å². The highest BCUT2D eigenvalue weighted by atomic mass is 32.1. The molecule has 88 valence electrons. The number of hydrogen-bond acceptors (Lipinski definition) is 4. The molecule has 1 rings (SSSR count). The number of nitrogens with one attached hydrogen (secondary N) is 1. The zero-order valence-electron chi connectivity index (χ0n) is 9.23. The van der Waals surface area contributed by atoms with Crippen LogP contribution in [0.2, 0.25) is 0 Å². The maximum atomic E-state index is 11.8. The summed E-state index contributed by atoms with van der Waals surface area (Å²) in [5, 5.41) is 17.8. The molecule has 1 atom stereocenters. The summed E-state index contributed by atoms with van der Waals surface area (Å²) < 4.78 is 0. The average molecular weight is 241 g/mol. The smallest absolute Gasteiger partial charge is 0.252 e. The number of carbonyl (C=O) groups excluding carboxylic acids is 1. The second-order valence-corrected chi connectivity index (χ2v) is 4.38. The van der Waals surface area contributed by atoms with E-state index in [1.165, 1.54) is 11.3 Å². The van der Waals surface area contributed by atoms with E-state index in [4.69, 9.17) is 10.9 Å². The number of rotatable bonds is 4. The van der Waals surface area contributed by atoms with Crippen molar-refractivity contribution in [1.29, 1.82) is 0 Å². The zero-order valence-corrected chi connectivity index (χ0v) is 10.0. The number of nitrogens with two attached hydrogens (primary N) is 1. The highest BCUT2D eigenvalue weighted by Crippen LogP contribution is 2.13. The maximum Gasteiger partial charge on any atom is 0.252 e. The van der Waals surface area contributed by atoms with Crippen LogP contribution in [0, 0.1) is 6.92 Å². The predicted molar refractivity (Wildman–Crippen MR) is 64.0 cm³/mol. The Balaban J connectivity index is 2.55. The van der Waals surface area contributed by atoms with Gasteiger partial charge in [-0.1, -0.05) is 5.16 Å². The number of hydrogen-bond donors (Lipinski definition) is 3. The van der Waals surface area contributed by atoms with Crippen LogP contribution >= 0.6 is 11.3 Å². The van der Waals surface area contributed by atoms with Gasteiger partial charge < -0.3 is 16.3 Å². The van der Waals surface area contributed by atoms with E-state index >= 15 is 0 Å². The Labute approximate surface area is 98.0 Å². The normalized spacial score (nSPS) is 13.5. The van der Waals surface area contributed by atoms with E-state index < -0.39 is 0 Å². The van der Waals surface area contributed by atoms with E-state index in [-0.39, 0.29) is 17.8 Å². The molecule has 5 nitrogen and oxygen atoms in total. The molecule has 0 aliphatic heterocycles. The summed E-state index contributed by atoms with van der Waals surface area (Å²) in [7, 11) is 0. The van der Waals surface area contributed by atoms with Gasteiger partial charge in [0.1, 0.15) is 5.84 Å². The minimum Gasteiger partial charge on any atom is -0.409 e. The first-order chi connectivity index (χ1) is 7.54. The van der Waals surface area contributed by atoms with Crippen LogP contribution in [0.25, 0.3) is 0 Å². The van der Waals surface area contributed by atoms with Crippen LogP contribution in [0.3, 0.4) is 0 Å². The van der Waals surface area contributed by atoms with Crippen molar-refractivity contribution in [3.8, 4) is 0 Å². The molecule has 1 heterocycles. The Bertz CT molecular complexity index is 401. The molecular formula is C10H15N3O2S.